The summed E-state index contributed by atoms with van der Waals surface area (Å²) in [6.07, 6.45) is 2.04. The van der Waals surface area contributed by atoms with Crippen LogP contribution in [0.15, 0.2) is 53.4 Å². The van der Waals surface area contributed by atoms with Gasteiger partial charge in [-0.15, -0.1) is 11.8 Å². The summed E-state index contributed by atoms with van der Waals surface area (Å²) in [5.74, 6) is 0.919. The van der Waals surface area contributed by atoms with Crippen LogP contribution in [0, 0.1) is 0 Å². The highest BCUT2D eigenvalue weighted by molar-refractivity contribution is 7.98. The fraction of sp³-hybridized carbons (Fsp3) is 0.143. The van der Waals surface area contributed by atoms with Gasteiger partial charge in [-0.25, -0.2) is 0 Å². The van der Waals surface area contributed by atoms with Crippen LogP contribution in [-0.2, 0) is 6.61 Å². The maximum Gasteiger partial charge on any atom is 0.133 e. The lowest BCUT2D eigenvalue weighted by atomic mass is 10.2. The van der Waals surface area contributed by atoms with E-state index in [0.717, 1.165) is 21.9 Å². The van der Waals surface area contributed by atoms with Gasteiger partial charge < -0.3 is 10.5 Å². The van der Waals surface area contributed by atoms with Gasteiger partial charge >= 0.3 is 0 Å². The predicted molar refractivity (Wildman–Crippen MR) is 73.4 cm³/mol. The molecule has 0 bridgehead atoms. The summed E-state index contributed by atoms with van der Waals surface area (Å²) in [4.78, 5) is 1.15. The second-order valence-electron chi connectivity index (χ2n) is 3.68. The Bertz CT molecular complexity index is 499. The van der Waals surface area contributed by atoms with Gasteiger partial charge in [0, 0.05) is 10.6 Å². The quantitative estimate of drug-likeness (QED) is 0.660. The molecule has 2 nitrogen and oxygen atoms in total. The number of benzene rings is 2. The number of anilines is 1. The van der Waals surface area contributed by atoms with Crippen LogP contribution in [0.1, 0.15) is 5.56 Å². The third-order valence-electron chi connectivity index (χ3n) is 2.41. The largest absolute Gasteiger partial charge is 0.488 e. The highest BCUT2D eigenvalue weighted by atomic mass is 32.2. The molecule has 0 aliphatic heterocycles. The van der Waals surface area contributed by atoms with E-state index in [1.807, 2.05) is 48.7 Å². The first kappa shape index (κ1) is 11.9. The molecule has 0 atom stereocenters. The molecule has 0 aliphatic carbocycles. The molecule has 0 fully saturated rings. The van der Waals surface area contributed by atoms with Gasteiger partial charge in [-0.1, -0.05) is 24.3 Å². The zero-order chi connectivity index (χ0) is 12.1. The molecular formula is C14H15NOS. The van der Waals surface area contributed by atoms with Crippen LogP contribution in [0.2, 0.25) is 0 Å². The fourth-order valence-corrected chi connectivity index (χ4v) is 2.12. The van der Waals surface area contributed by atoms with E-state index in [1.165, 1.54) is 0 Å². The van der Waals surface area contributed by atoms with Gasteiger partial charge in [-0.3, -0.25) is 0 Å². The van der Waals surface area contributed by atoms with Crippen molar-refractivity contribution in [3.63, 3.8) is 0 Å². The molecule has 0 spiro atoms. The van der Waals surface area contributed by atoms with Gasteiger partial charge in [0.05, 0.1) is 0 Å². The van der Waals surface area contributed by atoms with Crippen molar-refractivity contribution in [3.8, 4) is 5.75 Å². The van der Waals surface area contributed by atoms with Crippen molar-refractivity contribution >= 4 is 17.4 Å². The first-order valence-corrected chi connectivity index (χ1v) is 6.62. The standard InChI is InChI=1S/C14H15NOS/c1-17-14-8-3-2-7-13(14)16-10-11-5-4-6-12(15)9-11/h2-9H,10,15H2,1H3. The van der Waals surface area contributed by atoms with E-state index in [2.05, 4.69) is 6.07 Å². The van der Waals surface area contributed by atoms with Crippen molar-refractivity contribution < 1.29 is 4.74 Å². The summed E-state index contributed by atoms with van der Waals surface area (Å²) >= 11 is 1.68. The number of hydrogen-bond acceptors (Lipinski definition) is 3. The first-order valence-electron chi connectivity index (χ1n) is 5.40. The van der Waals surface area contributed by atoms with E-state index in [0.29, 0.717) is 6.61 Å². The maximum absolute atomic E-state index is 5.79. The van der Waals surface area contributed by atoms with Crippen molar-refractivity contribution in [2.45, 2.75) is 11.5 Å². The van der Waals surface area contributed by atoms with Crippen molar-refractivity contribution in [1.82, 2.24) is 0 Å². The van der Waals surface area contributed by atoms with E-state index < -0.39 is 0 Å². The summed E-state index contributed by atoms with van der Waals surface area (Å²) in [5, 5.41) is 0. The van der Waals surface area contributed by atoms with Gasteiger partial charge in [0.25, 0.3) is 0 Å². The van der Waals surface area contributed by atoms with Crippen molar-refractivity contribution in [2.75, 3.05) is 12.0 Å². The molecule has 0 saturated heterocycles. The number of thioether (sulfide) groups is 1. The van der Waals surface area contributed by atoms with E-state index in [4.69, 9.17) is 10.5 Å². The molecule has 2 aromatic rings. The Morgan fingerprint density at radius 3 is 2.71 bits per heavy atom. The molecule has 0 aliphatic rings. The van der Waals surface area contributed by atoms with Gasteiger partial charge in [0.15, 0.2) is 0 Å². The zero-order valence-corrected chi connectivity index (χ0v) is 10.5. The van der Waals surface area contributed by atoms with Crippen LogP contribution in [0.25, 0.3) is 0 Å². The summed E-state index contributed by atoms with van der Waals surface area (Å²) in [6.45, 7) is 0.544. The van der Waals surface area contributed by atoms with Crippen LogP contribution >= 0.6 is 11.8 Å². The smallest absolute Gasteiger partial charge is 0.133 e. The van der Waals surface area contributed by atoms with Crippen molar-refractivity contribution in [3.05, 3.63) is 54.1 Å². The second kappa shape index (κ2) is 5.64. The van der Waals surface area contributed by atoms with Crippen LogP contribution in [0.4, 0.5) is 5.69 Å². The Hall–Kier alpha value is -1.61. The molecule has 2 N–H and O–H groups in total. The minimum Gasteiger partial charge on any atom is -0.488 e. The fourth-order valence-electron chi connectivity index (χ4n) is 1.58. The number of nitrogens with two attached hydrogens (primary N) is 1. The maximum atomic E-state index is 5.79. The van der Waals surface area contributed by atoms with Gasteiger partial charge in [-0.2, -0.15) is 0 Å². The number of nitrogen functional groups attached to an aromatic ring is 1. The molecule has 2 aromatic carbocycles. The van der Waals surface area contributed by atoms with E-state index in [1.54, 1.807) is 11.8 Å². The molecular weight excluding hydrogens is 230 g/mol. The number of para-hydroxylation sites is 1. The average Bonchev–Trinajstić information content (AvgIpc) is 2.37. The molecule has 0 unspecified atom stereocenters. The van der Waals surface area contributed by atoms with Crippen LogP contribution in [0.5, 0.6) is 5.75 Å². The lowest BCUT2D eigenvalue weighted by Crippen LogP contribution is -1.97. The summed E-state index contributed by atoms with van der Waals surface area (Å²) in [5.41, 5.74) is 7.58. The molecule has 0 radical (unpaired) electrons. The van der Waals surface area contributed by atoms with E-state index in [9.17, 15) is 0 Å². The minimum absolute atomic E-state index is 0.544. The second-order valence-corrected chi connectivity index (χ2v) is 4.53. The summed E-state index contributed by atoms with van der Waals surface area (Å²) < 4.78 is 5.79. The molecule has 88 valence electrons. The zero-order valence-electron chi connectivity index (χ0n) is 9.72. The lowest BCUT2D eigenvalue weighted by Gasteiger charge is -2.10. The average molecular weight is 245 g/mol. The first-order chi connectivity index (χ1) is 8.29. The van der Waals surface area contributed by atoms with Crippen LogP contribution in [-0.4, -0.2) is 6.26 Å². The van der Waals surface area contributed by atoms with Gasteiger partial charge in [-0.05, 0) is 36.1 Å². The highest BCUT2D eigenvalue weighted by Gasteiger charge is 2.01. The summed E-state index contributed by atoms with van der Waals surface area (Å²) in [6, 6.07) is 15.8. The third-order valence-corrected chi connectivity index (χ3v) is 3.19. The van der Waals surface area contributed by atoms with Crippen LogP contribution in [0.3, 0.4) is 0 Å². The Morgan fingerprint density at radius 2 is 1.94 bits per heavy atom. The number of rotatable bonds is 4. The Labute approximate surface area is 106 Å². The van der Waals surface area contributed by atoms with Gasteiger partial charge in [0.1, 0.15) is 12.4 Å². The van der Waals surface area contributed by atoms with Crippen LogP contribution < -0.4 is 10.5 Å². The van der Waals surface area contributed by atoms with Gasteiger partial charge in [0.2, 0.25) is 0 Å². The minimum atomic E-state index is 0.544. The Morgan fingerprint density at radius 1 is 1.12 bits per heavy atom. The molecule has 3 heteroatoms. The summed E-state index contributed by atoms with van der Waals surface area (Å²) in [7, 11) is 0. The molecule has 0 heterocycles. The molecule has 17 heavy (non-hydrogen) atoms. The third kappa shape index (κ3) is 3.17. The molecule has 0 aromatic heterocycles. The SMILES string of the molecule is CSc1ccccc1OCc1cccc(N)c1. The molecule has 0 amide bonds. The highest BCUT2D eigenvalue weighted by Crippen LogP contribution is 2.27. The van der Waals surface area contributed by atoms with Crippen molar-refractivity contribution in [1.29, 1.82) is 0 Å². The number of hydrogen-bond donors (Lipinski definition) is 1. The van der Waals surface area contributed by atoms with E-state index in [-0.39, 0.29) is 0 Å². The normalized spacial score (nSPS) is 10.2. The molecule has 2 rings (SSSR count). The van der Waals surface area contributed by atoms with E-state index >= 15 is 0 Å². The Kier molecular flexibility index (Phi) is 3.94. The lowest BCUT2D eigenvalue weighted by molar-refractivity contribution is 0.299. The predicted octanol–water partition coefficient (Wildman–Crippen LogP) is 3.57. The number of ether oxygens (including phenoxy) is 1. The monoisotopic (exact) mass is 245 g/mol. The topological polar surface area (TPSA) is 35.2 Å². The Balaban J connectivity index is 2.07. The van der Waals surface area contributed by atoms with Crippen molar-refractivity contribution in [2.24, 2.45) is 0 Å². The molecule has 0 saturated carbocycles.